The molecule has 0 heterocycles. The fourth-order valence-corrected chi connectivity index (χ4v) is 1.81. The minimum Gasteiger partial charge on any atom is -0.324 e. The van der Waals surface area contributed by atoms with Gasteiger partial charge in [0.2, 0.25) is 0 Å². The highest BCUT2D eigenvalue weighted by Crippen LogP contribution is 2.23. The Labute approximate surface area is 112 Å². The van der Waals surface area contributed by atoms with Crippen LogP contribution in [0.5, 0.6) is 0 Å². The Hall–Kier alpha value is -0.860. The lowest BCUT2D eigenvalue weighted by Crippen LogP contribution is -2.43. The van der Waals surface area contributed by atoms with E-state index in [0.29, 0.717) is 6.04 Å². The fraction of sp³-hybridized carbons (Fsp3) is 0.625. The minimum absolute atomic E-state index is 0.167. The molecule has 1 rings (SSSR count). The van der Waals surface area contributed by atoms with Gasteiger partial charge in [0, 0.05) is 18.1 Å². The molecule has 3 N–H and O–H groups in total. The van der Waals surface area contributed by atoms with Gasteiger partial charge in [-0.3, -0.25) is 0 Å². The summed E-state index contributed by atoms with van der Waals surface area (Å²) in [5.41, 5.74) is 8.72. The molecule has 1 aromatic carbocycles. The van der Waals surface area contributed by atoms with Gasteiger partial charge in [-0.25, -0.2) is 0 Å². The molecular formula is C16H28N2. The maximum atomic E-state index is 5.98. The van der Waals surface area contributed by atoms with Crippen molar-refractivity contribution in [2.45, 2.75) is 58.5 Å². The fourth-order valence-electron chi connectivity index (χ4n) is 1.81. The third-order valence-electron chi connectivity index (χ3n) is 3.14. The van der Waals surface area contributed by atoms with Gasteiger partial charge in [-0.2, -0.15) is 0 Å². The van der Waals surface area contributed by atoms with Gasteiger partial charge in [-0.1, -0.05) is 45.0 Å². The molecule has 0 radical (unpaired) electrons. The van der Waals surface area contributed by atoms with E-state index >= 15 is 0 Å². The molecule has 0 saturated heterocycles. The molecule has 1 atom stereocenters. The van der Waals surface area contributed by atoms with Crippen molar-refractivity contribution in [2.75, 3.05) is 6.54 Å². The van der Waals surface area contributed by atoms with Crippen LogP contribution < -0.4 is 11.1 Å². The van der Waals surface area contributed by atoms with E-state index in [-0.39, 0.29) is 11.0 Å². The van der Waals surface area contributed by atoms with Gasteiger partial charge in [0.25, 0.3) is 0 Å². The van der Waals surface area contributed by atoms with Crippen LogP contribution in [0.25, 0.3) is 0 Å². The molecule has 0 amide bonds. The van der Waals surface area contributed by atoms with Crippen LogP contribution in [0, 0.1) is 0 Å². The van der Waals surface area contributed by atoms with Crippen molar-refractivity contribution < 1.29 is 0 Å². The average Bonchev–Trinajstić information content (AvgIpc) is 2.24. The molecule has 0 saturated carbocycles. The zero-order chi connectivity index (χ0) is 14.0. The van der Waals surface area contributed by atoms with Crippen LogP contribution >= 0.6 is 0 Å². The van der Waals surface area contributed by atoms with Crippen molar-refractivity contribution in [1.29, 1.82) is 0 Å². The average molecular weight is 248 g/mol. The second-order valence-electron chi connectivity index (χ2n) is 6.96. The summed E-state index contributed by atoms with van der Waals surface area (Å²) >= 11 is 0. The van der Waals surface area contributed by atoms with Gasteiger partial charge in [0.05, 0.1) is 0 Å². The molecule has 1 aromatic rings. The van der Waals surface area contributed by atoms with Crippen molar-refractivity contribution in [3.8, 4) is 0 Å². The molecule has 0 aromatic heterocycles. The highest BCUT2D eigenvalue weighted by molar-refractivity contribution is 5.29. The van der Waals surface area contributed by atoms with Gasteiger partial charge in [0.1, 0.15) is 0 Å². The SMILES string of the molecule is CC(NCC(C)(C)N)c1ccc(C(C)(C)C)cc1. The van der Waals surface area contributed by atoms with Crippen LogP contribution in [0.3, 0.4) is 0 Å². The van der Waals surface area contributed by atoms with Crippen LogP contribution in [-0.4, -0.2) is 12.1 Å². The largest absolute Gasteiger partial charge is 0.324 e. The molecule has 1 unspecified atom stereocenters. The first-order valence-electron chi connectivity index (χ1n) is 6.72. The Balaban J connectivity index is 2.68. The van der Waals surface area contributed by atoms with Crippen LogP contribution in [0.4, 0.5) is 0 Å². The zero-order valence-electron chi connectivity index (χ0n) is 12.7. The summed E-state index contributed by atoms with van der Waals surface area (Å²) in [5, 5.41) is 3.47. The summed E-state index contributed by atoms with van der Waals surface area (Å²) in [5.74, 6) is 0. The van der Waals surface area contributed by atoms with E-state index in [0.717, 1.165) is 6.54 Å². The number of benzene rings is 1. The van der Waals surface area contributed by atoms with Crippen molar-refractivity contribution in [3.05, 3.63) is 35.4 Å². The molecule has 0 fully saturated rings. The number of nitrogens with one attached hydrogen (secondary N) is 1. The van der Waals surface area contributed by atoms with Crippen molar-refractivity contribution in [2.24, 2.45) is 5.73 Å². The maximum absolute atomic E-state index is 5.98. The normalized spacial score (nSPS) is 14.6. The van der Waals surface area contributed by atoms with Crippen molar-refractivity contribution in [3.63, 3.8) is 0 Å². The third-order valence-corrected chi connectivity index (χ3v) is 3.14. The Morgan fingerprint density at radius 1 is 1.06 bits per heavy atom. The molecule has 0 spiro atoms. The van der Waals surface area contributed by atoms with Gasteiger partial charge >= 0.3 is 0 Å². The van der Waals surface area contributed by atoms with E-state index in [2.05, 4.69) is 57.3 Å². The summed E-state index contributed by atoms with van der Waals surface area (Å²) in [6.07, 6.45) is 0. The summed E-state index contributed by atoms with van der Waals surface area (Å²) in [6, 6.07) is 9.20. The van der Waals surface area contributed by atoms with Gasteiger partial charge < -0.3 is 11.1 Å². The van der Waals surface area contributed by atoms with E-state index in [1.807, 2.05) is 13.8 Å². The van der Waals surface area contributed by atoms with Crippen molar-refractivity contribution in [1.82, 2.24) is 5.32 Å². The first kappa shape index (κ1) is 15.2. The molecule has 2 heteroatoms. The second kappa shape index (κ2) is 5.41. The highest BCUT2D eigenvalue weighted by Gasteiger charge is 2.15. The predicted molar refractivity (Wildman–Crippen MR) is 79.8 cm³/mol. The van der Waals surface area contributed by atoms with Crippen LogP contribution in [-0.2, 0) is 5.41 Å². The summed E-state index contributed by atoms with van der Waals surface area (Å²) in [7, 11) is 0. The molecule has 0 aliphatic rings. The van der Waals surface area contributed by atoms with E-state index < -0.39 is 0 Å². The predicted octanol–water partition coefficient (Wildman–Crippen LogP) is 3.37. The lowest BCUT2D eigenvalue weighted by atomic mass is 9.86. The Kier molecular flexibility index (Phi) is 4.57. The smallest absolute Gasteiger partial charge is 0.0292 e. The van der Waals surface area contributed by atoms with Crippen LogP contribution in [0.1, 0.15) is 58.7 Å². The lowest BCUT2D eigenvalue weighted by molar-refractivity contribution is 0.434. The number of nitrogens with two attached hydrogens (primary N) is 1. The first-order valence-corrected chi connectivity index (χ1v) is 6.72. The molecule has 0 aliphatic heterocycles. The molecule has 0 aliphatic carbocycles. The number of rotatable bonds is 4. The van der Waals surface area contributed by atoms with E-state index in [1.54, 1.807) is 0 Å². The molecule has 102 valence electrons. The summed E-state index contributed by atoms with van der Waals surface area (Å²) < 4.78 is 0. The minimum atomic E-state index is -0.167. The molecule has 18 heavy (non-hydrogen) atoms. The van der Waals surface area contributed by atoms with Gasteiger partial charge in [0.15, 0.2) is 0 Å². The molecular weight excluding hydrogens is 220 g/mol. The molecule has 2 nitrogen and oxygen atoms in total. The topological polar surface area (TPSA) is 38.0 Å². The van der Waals surface area contributed by atoms with Crippen LogP contribution in [0.2, 0.25) is 0 Å². The zero-order valence-corrected chi connectivity index (χ0v) is 12.7. The van der Waals surface area contributed by atoms with Gasteiger partial charge in [-0.05, 0) is 37.3 Å². The maximum Gasteiger partial charge on any atom is 0.0292 e. The Bertz CT molecular complexity index is 366. The van der Waals surface area contributed by atoms with E-state index in [1.165, 1.54) is 11.1 Å². The highest BCUT2D eigenvalue weighted by atomic mass is 14.9. The van der Waals surface area contributed by atoms with Crippen molar-refractivity contribution >= 4 is 0 Å². The monoisotopic (exact) mass is 248 g/mol. The van der Waals surface area contributed by atoms with E-state index in [4.69, 9.17) is 5.73 Å². The molecule has 0 bridgehead atoms. The standard InChI is InChI=1S/C16H28N2/c1-12(18-11-16(5,6)17)13-7-9-14(10-8-13)15(2,3)4/h7-10,12,18H,11,17H2,1-6H3. The van der Waals surface area contributed by atoms with Gasteiger partial charge in [-0.15, -0.1) is 0 Å². The number of hydrogen-bond acceptors (Lipinski definition) is 2. The lowest BCUT2D eigenvalue weighted by Gasteiger charge is -2.24. The Morgan fingerprint density at radius 3 is 1.94 bits per heavy atom. The first-order chi connectivity index (χ1) is 8.09. The van der Waals surface area contributed by atoms with Crippen LogP contribution in [0.15, 0.2) is 24.3 Å². The number of hydrogen-bond donors (Lipinski definition) is 2. The Morgan fingerprint density at radius 2 is 1.56 bits per heavy atom. The van der Waals surface area contributed by atoms with E-state index in [9.17, 15) is 0 Å². The quantitative estimate of drug-likeness (QED) is 0.857. The summed E-state index contributed by atoms with van der Waals surface area (Å²) in [4.78, 5) is 0. The third kappa shape index (κ3) is 4.79. The summed E-state index contributed by atoms with van der Waals surface area (Å²) in [6.45, 7) is 13.8. The second-order valence-corrected chi connectivity index (χ2v) is 6.96.